The van der Waals surface area contributed by atoms with E-state index < -0.39 is 23.9 Å². The Hall–Kier alpha value is -3.11. The summed E-state index contributed by atoms with van der Waals surface area (Å²) in [6.07, 6.45) is 0.656. The molecule has 2 unspecified atom stereocenters. The Kier molecular flexibility index (Phi) is 8.07. The first-order valence-electron chi connectivity index (χ1n) is 10.1. The van der Waals surface area contributed by atoms with Crippen molar-refractivity contribution in [3.05, 3.63) is 59.7 Å². The molecule has 0 aliphatic rings. The number of rotatable bonds is 8. The molecule has 4 amide bonds. The SMILES string of the molecule is CCC(C)C(NC(N)=O)C(=O)NNC(=O)c1ccc(CSc2nc3ccccc3s2)cc1. The third kappa shape index (κ3) is 6.21. The predicted molar refractivity (Wildman–Crippen MR) is 127 cm³/mol. The van der Waals surface area contributed by atoms with Gasteiger partial charge in [-0.05, 0) is 35.7 Å². The standard InChI is InChI=1S/C22H25N5O3S2/c1-3-13(2)18(25-21(23)30)20(29)27-26-19(28)15-10-8-14(9-11-15)12-31-22-24-16-6-4-5-7-17(16)32-22/h4-11,13,18H,3,12H2,1-2H3,(H,26,28)(H,27,29)(H3,23,25,30). The number of primary amides is 1. The lowest BCUT2D eigenvalue weighted by atomic mass is 9.99. The zero-order chi connectivity index (χ0) is 23.1. The van der Waals surface area contributed by atoms with Crippen LogP contribution in [0.15, 0.2) is 52.9 Å². The minimum absolute atomic E-state index is 0.147. The van der Waals surface area contributed by atoms with Crippen LogP contribution in [0.3, 0.4) is 0 Å². The highest BCUT2D eigenvalue weighted by molar-refractivity contribution is 8.00. The molecule has 0 saturated carbocycles. The first kappa shape index (κ1) is 23.6. The zero-order valence-corrected chi connectivity index (χ0v) is 19.4. The van der Waals surface area contributed by atoms with Crippen molar-refractivity contribution < 1.29 is 14.4 Å². The Morgan fingerprint density at radius 3 is 2.47 bits per heavy atom. The molecule has 1 aromatic heterocycles. The van der Waals surface area contributed by atoms with Gasteiger partial charge in [0.15, 0.2) is 4.34 Å². The molecule has 32 heavy (non-hydrogen) atoms. The summed E-state index contributed by atoms with van der Waals surface area (Å²) < 4.78 is 2.15. The van der Waals surface area contributed by atoms with E-state index >= 15 is 0 Å². The lowest BCUT2D eigenvalue weighted by Gasteiger charge is -2.22. The number of nitrogens with zero attached hydrogens (tertiary/aromatic N) is 1. The van der Waals surface area contributed by atoms with E-state index in [1.807, 2.05) is 44.2 Å². The normalized spacial score (nSPS) is 12.7. The van der Waals surface area contributed by atoms with E-state index in [9.17, 15) is 14.4 Å². The van der Waals surface area contributed by atoms with Gasteiger partial charge in [0, 0.05) is 11.3 Å². The van der Waals surface area contributed by atoms with Gasteiger partial charge in [-0.15, -0.1) is 11.3 Å². The van der Waals surface area contributed by atoms with Crippen LogP contribution in [0.4, 0.5) is 4.79 Å². The number of para-hydroxylation sites is 1. The summed E-state index contributed by atoms with van der Waals surface area (Å²) in [5.74, 6) is -0.402. The van der Waals surface area contributed by atoms with Crippen molar-refractivity contribution in [1.29, 1.82) is 0 Å². The number of nitrogens with one attached hydrogen (secondary N) is 3. The molecule has 3 aromatic rings. The number of thiazole rings is 1. The minimum Gasteiger partial charge on any atom is -0.352 e. The van der Waals surface area contributed by atoms with E-state index in [4.69, 9.17) is 5.73 Å². The molecule has 0 aliphatic heterocycles. The molecule has 0 radical (unpaired) electrons. The van der Waals surface area contributed by atoms with E-state index in [1.54, 1.807) is 35.2 Å². The number of carbonyl (C=O) groups is 3. The van der Waals surface area contributed by atoms with Crippen molar-refractivity contribution in [3.8, 4) is 0 Å². The highest BCUT2D eigenvalue weighted by Gasteiger charge is 2.25. The van der Waals surface area contributed by atoms with E-state index in [0.717, 1.165) is 25.9 Å². The molecule has 168 valence electrons. The van der Waals surface area contributed by atoms with Crippen LogP contribution < -0.4 is 21.9 Å². The van der Waals surface area contributed by atoms with Crippen molar-refractivity contribution in [2.75, 3.05) is 0 Å². The second-order valence-electron chi connectivity index (χ2n) is 7.25. The van der Waals surface area contributed by atoms with E-state index in [0.29, 0.717) is 12.0 Å². The molecule has 8 nitrogen and oxygen atoms in total. The summed E-state index contributed by atoms with van der Waals surface area (Å²) in [4.78, 5) is 40.5. The maximum Gasteiger partial charge on any atom is 0.312 e. The summed E-state index contributed by atoms with van der Waals surface area (Å²) in [6, 6.07) is 13.5. The van der Waals surface area contributed by atoms with Gasteiger partial charge in [0.25, 0.3) is 11.8 Å². The number of carbonyl (C=O) groups excluding carboxylic acids is 3. The van der Waals surface area contributed by atoms with E-state index in [2.05, 4.69) is 27.2 Å². The smallest absolute Gasteiger partial charge is 0.312 e. The maximum atomic E-state index is 12.4. The van der Waals surface area contributed by atoms with Crippen molar-refractivity contribution in [1.82, 2.24) is 21.2 Å². The van der Waals surface area contributed by atoms with Crippen molar-refractivity contribution in [2.45, 2.75) is 36.4 Å². The van der Waals surface area contributed by atoms with Gasteiger partial charge in [0.2, 0.25) is 0 Å². The van der Waals surface area contributed by atoms with Crippen LogP contribution in [0.1, 0.15) is 36.2 Å². The third-order valence-electron chi connectivity index (χ3n) is 4.95. The lowest BCUT2D eigenvalue weighted by molar-refractivity contribution is -0.124. The van der Waals surface area contributed by atoms with Crippen molar-refractivity contribution in [3.63, 3.8) is 0 Å². The summed E-state index contributed by atoms with van der Waals surface area (Å²) in [6.45, 7) is 3.70. The number of urea groups is 1. The van der Waals surface area contributed by atoms with Gasteiger partial charge in [-0.1, -0.05) is 56.3 Å². The van der Waals surface area contributed by atoms with E-state index in [1.165, 1.54) is 0 Å². The lowest BCUT2D eigenvalue weighted by Crippen LogP contribution is -2.55. The highest BCUT2D eigenvalue weighted by atomic mass is 32.2. The van der Waals surface area contributed by atoms with Crippen LogP contribution in [0.5, 0.6) is 0 Å². The van der Waals surface area contributed by atoms with Gasteiger partial charge < -0.3 is 11.1 Å². The topological polar surface area (TPSA) is 126 Å². The fourth-order valence-electron chi connectivity index (χ4n) is 2.93. The average Bonchev–Trinajstić information content (AvgIpc) is 3.22. The van der Waals surface area contributed by atoms with Gasteiger partial charge in [-0.25, -0.2) is 9.78 Å². The number of hydrogen-bond donors (Lipinski definition) is 4. The van der Waals surface area contributed by atoms with Crippen LogP contribution in [0.2, 0.25) is 0 Å². The van der Waals surface area contributed by atoms with Crippen LogP contribution in [0.25, 0.3) is 10.2 Å². The molecule has 0 fully saturated rings. The molecule has 2 aromatic carbocycles. The predicted octanol–water partition coefficient (Wildman–Crippen LogP) is 3.43. The summed E-state index contributed by atoms with van der Waals surface area (Å²) in [7, 11) is 0. The summed E-state index contributed by atoms with van der Waals surface area (Å²) in [5.41, 5.74) is 12.3. The second-order valence-corrected chi connectivity index (χ2v) is 9.50. The Morgan fingerprint density at radius 1 is 1.09 bits per heavy atom. The number of fused-ring (bicyclic) bond motifs is 1. The number of nitrogens with two attached hydrogens (primary N) is 1. The van der Waals surface area contributed by atoms with Crippen LogP contribution in [0, 0.1) is 5.92 Å². The molecule has 0 saturated heterocycles. The van der Waals surface area contributed by atoms with E-state index in [-0.39, 0.29) is 5.92 Å². The molecule has 0 bridgehead atoms. The van der Waals surface area contributed by atoms with Gasteiger partial charge in [0.05, 0.1) is 10.2 Å². The molecule has 2 atom stereocenters. The van der Waals surface area contributed by atoms with Gasteiger partial charge in [0.1, 0.15) is 6.04 Å². The minimum atomic E-state index is -0.834. The van der Waals surface area contributed by atoms with Crippen molar-refractivity contribution >= 4 is 51.2 Å². The fourth-order valence-corrected chi connectivity index (χ4v) is 4.96. The Bertz CT molecular complexity index is 1070. The van der Waals surface area contributed by atoms with Crippen LogP contribution in [-0.4, -0.2) is 28.9 Å². The van der Waals surface area contributed by atoms with Crippen molar-refractivity contribution in [2.24, 2.45) is 11.7 Å². The summed E-state index contributed by atoms with van der Waals surface area (Å²) >= 11 is 3.30. The molecular formula is C22H25N5O3S2. The fraction of sp³-hybridized carbons (Fsp3) is 0.273. The molecule has 1 heterocycles. The van der Waals surface area contributed by atoms with Gasteiger partial charge in [-0.3, -0.25) is 20.4 Å². The number of hydrogen-bond acceptors (Lipinski definition) is 6. The third-order valence-corrected chi connectivity index (χ3v) is 7.20. The van der Waals surface area contributed by atoms with Gasteiger partial charge >= 0.3 is 6.03 Å². The highest BCUT2D eigenvalue weighted by Crippen LogP contribution is 2.31. The Balaban J connectivity index is 1.52. The molecule has 10 heteroatoms. The molecule has 0 aliphatic carbocycles. The van der Waals surface area contributed by atoms with Crippen LogP contribution >= 0.6 is 23.1 Å². The molecule has 0 spiro atoms. The van der Waals surface area contributed by atoms with Crippen LogP contribution in [-0.2, 0) is 10.5 Å². The molecular weight excluding hydrogens is 446 g/mol. The largest absolute Gasteiger partial charge is 0.352 e. The monoisotopic (exact) mass is 471 g/mol. The number of hydrazine groups is 1. The summed E-state index contributed by atoms with van der Waals surface area (Å²) in [5, 5.41) is 2.41. The zero-order valence-electron chi connectivity index (χ0n) is 17.8. The first-order valence-corrected chi connectivity index (χ1v) is 11.9. The quantitative estimate of drug-likeness (QED) is 0.296. The number of amides is 4. The number of benzene rings is 2. The second kappa shape index (κ2) is 11.0. The first-order chi connectivity index (χ1) is 15.4. The number of thioether (sulfide) groups is 1. The average molecular weight is 472 g/mol. The Morgan fingerprint density at radius 2 is 1.81 bits per heavy atom. The molecule has 5 N–H and O–H groups in total. The van der Waals surface area contributed by atoms with Gasteiger partial charge in [-0.2, -0.15) is 0 Å². The molecule has 3 rings (SSSR count). The Labute approximate surface area is 194 Å². The number of aromatic nitrogens is 1. The maximum absolute atomic E-state index is 12.4.